The molecule has 1 saturated heterocycles. The maximum Gasteiger partial charge on any atom is 0.124 e. The molecule has 1 N–H and O–H groups in total. The normalized spacial score (nSPS) is 19.4. The van der Waals surface area contributed by atoms with E-state index in [4.69, 9.17) is 0 Å². The maximum absolute atomic E-state index is 13.1. The second-order valence-corrected chi connectivity index (χ2v) is 6.18. The smallest absolute Gasteiger partial charge is 0.124 e. The Hall–Kier alpha value is -0.610. The Morgan fingerprint density at radius 3 is 2.68 bits per heavy atom. The Morgan fingerprint density at radius 1 is 1.42 bits per heavy atom. The number of piperidine rings is 1. The van der Waals surface area contributed by atoms with Gasteiger partial charge in [-0.25, -0.2) is 4.39 Å². The minimum atomic E-state index is -0.207. The number of nitrogens with one attached hydrogen (secondary N) is 1. The highest BCUT2D eigenvalue weighted by molar-refractivity contribution is 9.10. The molecule has 19 heavy (non-hydrogen) atoms. The highest BCUT2D eigenvalue weighted by Crippen LogP contribution is 2.27. The molecule has 0 spiro atoms. The number of likely N-dealkylation sites (tertiary alicyclic amines) is 1. The fourth-order valence-corrected chi connectivity index (χ4v) is 3.20. The second kappa shape index (κ2) is 6.71. The van der Waals surface area contributed by atoms with Crippen molar-refractivity contribution in [1.82, 2.24) is 4.90 Å². The van der Waals surface area contributed by atoms with Crippen LogP contribution < -0.4 is 5.32 Å². The molecule has 1 aliphatic heterocycles. The fourth-order valence-electron chi connectivity index (χ4n) is 2.74. The van der Waals surface area contributed by atoms with Gasteiger partial charge >= 0.3 is 0 Å². The van der Waals surface area contributed by atoms with E-state index in [2.05, 4.69) is 40.0 Å². The van der Waals surface area contributed by atoms with E-state index in [-0.39, 0.29) is 5.82 Å². The lowest BCUT2D eigenvalue weighted by molar-refractivity contribution is 0.183. The Labute approximate surface area is 123 Å². The molecule has 0 radical (unpaired) electrons. The summed E-state index contributed by atoms with van der Waals surface area (Å²) in [5, 5.41) is 3.51. The number of benzene rings is 1. The lowest BCUT2D eigenvalue weighted by Gasteiger charge is -2.35. The molecular formula is C15H22BrFN2. The number of anilines is 1. The van der Waals surface area contributed by atoms with Crippen LogP contribution in [0.15, 0.2) is 22.7 Å². The van der Waals surface area contributed by atoms with Gasteiger partial charge in [-0.3, -0.25) is 0 Å². The van der Waals surface area contributed by atoms with Gasteiger partial charge in [0.1, 0.15) is 5.82 Å². The Balaban J connectivity index is 1.92. The largest absolute Gasteiger partial charge is 0.381 e. The summed E-state index contributed by atoms with van der Waals surface area (Å²) in [6, 6.07) is 5.23. The van der Waals surface area contributed by atoms with E-state index >= 15 is 0 Å². The van der Waals surface area contributed by atoms with Crippen molar-refractivity contribution in [3.8, 4) is 0 Å². The fraction of sp³-hybridized carbons (Fsp3) is 0.600. The van der Waals surface area contributed by atoms with Crippen molar-refractivity contribution < 1.29 is 4.39 Å². The van der Waals surface area contributed by atoms with Crippen molar-refractivity contribution in [2.75, 3.05) is 25.0 Å². The zero-order valence-corrected chi connectivity index (χ0v) is 13.2. The average Bonchev–Trinajstić information content (AvgIpc) is 2.42. The lowest BCUT2D eigenvalue weighted by atomic mass is 9.90. The van der Waals surface area contributed by atoms with Crippen LogP contribution in [-0.4, -0.2) is 30.6 Å². The van der Waals surface area contributed by atoms with Crippen molar-refractivity contribution in [2.45, 2.75) is 32.7 Å². The van der Waals surface area contributed by atoms with Gasteiger partial charge in [-0.1, -0.05) is 6.92 Å². The van der Waals surface area contributed by atoms with E-state index in [1.807, 2.05) is 0 Å². The summed E-state index contributed by atoms with van der Waals surface area (Å²) < 4.78 is 13.9. The van der Waals surface area contributed by atoms with Crippen LogP contribution in [-0.2, 0) is 0 Å². The molecule has 0 saturated carbocycles. The molecule has 0 aliphatic carbocycles. The minimum Gasteiger partial charge on any atom is -0.381 e. The van der Waals surface area contributed by atoms with E-state index in [0.29, 0.717) is 12.0 Å². The minimum absolute atomic E-state index is 0.207. The van der Waals surface area contributed by atoms with Crippen LogP contribution in [0.1, 0.15) is 26.7 Å². The third-order valence-electron chi connectivity index (χ3n) is 4.10. The zero-order valence-electron chi connectivity index (χ0n) is 11.6. The van der Waals surface area contributed by atoms with E-state index in [0.717, 1.165) is 16.7 Å². The van der Waals surface area contributed by atoms with Crippen molar-refractivity contribution in [2.24, 2.45) is 5.92 Å². The van der Waals surface area contributed by atoms with E-state index < -0.39 is 0 Å². The third-order valence-corrected chi connectivity index (χ3v) is 4.76. The molecule has 106 valence electrons. The highest BCUT2D eigenvalue weighted by Gasteiger charge is 2.23. The predicted octanol–water partition coefficient (Wildman–Crippen LogP) is 4.12. The number of hydrogen-bond acceptors (Lipinski definition) is 2. The van der Waals surface area contributed by atoms with Gasteiger partial charge in [0.05, 0.1) is 0 Å². The molecule has 2 rings (SSSR count). The van der Waals surface area contributed by atoms with Gasteiger partial charge in [0.2, 0.25) is 0 Å². The summed E-state index contributed by atoms with van der Waals surface area (Å²) in [6.45, 7) is 7.98. The SMILES string of the molecule is CCN1CCC(C(C)Nc2ccc(F)cc2Br)CC1. The number of nitrogens with zero attached hydrogens (tertiary/aromatic N) is 1. The average molecular weight is 329 g/mol. The molecule has 1 atom stereocenters. The van der Waals surface area contributed by atoms with Crippen LogP contribution >= 0.6 is 15.9 Å². The summed E-state index contributed by atoms with van der Waals surface area (Å²) >= 11 is 3.41. The summed E-state index contributed by atoms with van der Waals surface area (Å²) in [5.74, 6) is 0.487. The molecule has 1 aromatic rings. The number of rotatable bonds is 4. The standard InChI is InChI=1S/C15H22BrFN2/c1-3-19-8-6-12(7-9-19)11(2)18-15-5-4-13(17)10-14(15)16/h4-5,10-12,18H,3,6-9H2,1-2H3. The van der Waals surface area contributed by atoms with Crippen molar-refractivity contribution >= 4 is 21.6 Å². The Bertz CT molecular complexity index is 417. The highest BCUT2D eigenvalue weighted by atomic mass is 79.9. The summed E-state index contributed by atoms with van der Waals surface area (Å²) in [4.78, 5) is 2.50. The molecule has 0 amide bonds. The monoisotopic (exact) mass is 328 g/mol. The van der Waals surface area contributed by atoms with Crippen molar-refractivity contribution in [3.05, 3.63) is 28.5 Å². The quantitative estimate of drug-likeness (QED) is 0.894. The van der Waals surface area contributed by atoms with Gasteiger partial charge in [0.15, 0.2) is 0 Å². The second-order valence-electron chi connectivity index (χ2n) is 5.33. The zero-order chi connectivity index (χ0) is 13.8. The van der Waals surface area contributed by atoms with Gasteiger partial charge in [-0.05, 0) is 79.4 Å². The maximum atomic E-state index is 13.1. The van der Waals surface area contributed by atoms with Crippen LogP contribution in [0.2, 0.25) is 0 Å². The van der Waals surface area contributed by atoms with Gasteiger partial charge < -0.3 is 10.2 Å². The molecule has 1 heterocycles. The van der Waals surface area contributed by atoms with E-state index in [1.165, 1.54) is 38.1 Å². The third kappa shape index (κ3) is 3.93. The first kappa shape index (κ1) is 14.8. The molecule has 0 bridgehead atoms. The predicted molar refractivity (Wildman–Crippen MR) is 82.0 cm³/mol. The van der Waals surface area contributed by atoms with Crippen molar-refractivity contribution in [3.63, 3.8) is 0 Å². The Kier molecular flexibility index (Phi) is 5.22. The summed E-state index contributed by atoms with van der Waals surface area (Å²) in [6.07, 6.45) is 2.47. The molecule has 1 fully saturated rings. The number of hydrogen-bond donors (Lipinski definition) is 1. The molecule has 4 heteroatoms. The van der Waals surface area contributed by atoms with Crippen LogP contribution in [0, 0.1) is 11.7 Å². The number of halogens is 2. The van der Waals surface area contributed by atoms with E-state index in [9.17, 15) is 4.39 Å². The first-order valence-electron chi connectivity index (χ1n) is 7.04. The van der Waals surface area contributed by atoms with Gasteiger partial charge in [0, 0.05) is 16.2 Å². The topological polar surface area (TPSA) is 15.3 Å². The summed E-state index contributed by atoms with van der Waals surface area (Å²) in [7, 11) is 0. The van der Waals surface area contributed by atoms with Crippen LogP contribution in [0.25, 0.3) is 0 Å². The molecular weight excluding hydrogens is 307 g/mol. The molecule has 2 nitrogen and oxygen atoms in total. The molecule has 1 aliphatic rings. The van der Waals surface area contributed by atoms with Crippen molar-refractivity contribution in [1.29, 1.82) is 0 Å². The molecule has 1 aromatic carbocycles. The lowest BCUT2D eigenvalue weighted by Crippen LogP contribution is -2.39. The Morgan fingerprint density at radius 2 is 2.11 bits per heavy atom. The summed E-state index contributed by atoms with van der Waals surface area (Å²) in [5.41, 5.74) is 0.979. The first-order valence-corrected chi connectivity index (χ1v) is 7.83. The van der Waals surface area contributed by atoms with Crippen LogP contribution in [0.3, 0.4) is 0 Å². The van der Waals surface area contributed by atoms with Gasteiger partial charge in [-0.2, -0.15) is 0 Å². The molecule has 0 aromatic heterocycles. The van der Waals surface area contributed by atoms with Crippen LogP contribution in [0.5, 0.6) is 0 Å². The molecule has 1 unspecified atom stereocenters. The van der Waals surface area contributed by atoms with Gasteiger partial charge in [-0.15, -0.1) is 0 Å². The van der Waals surface area contributed by atoms with E-state index in [1.54, 1.807) is 6.07 Å². The van der Waals surface area contributed by atoms with Gasteiger partial charge in [0.25, 0.3) is 0 Å². The van der Waals surface area contributed by atoms with Crippen LogP contribution in [0.4, 0.5) is 10.1 Å². The first-order chi connectivity index (χ1) is 9.10.